The smallest absolute Gasteiger partial charge is 0.330 e. The molecule has 0 bridgehead atoms. The molecule has 222 valence electrons. The van der Waals surface area contributed by atoms with Crippen molar-refractivity contribution in [2.45, 2.75) is 49.1 Å². The third kappa shape index (κ3) is 6.63. The highest BCUT2D eigenvalue weighted by atomic mass is 33.1. The number of rotatable bonds is 11. The van der Waals surface area contributed by atoms with Crippen molar-refractivity contribution in [1.82, 2.24) is 19.1 Å². The van der Waals surface area contributed by atoms with E-state index < -0.39 is 77.7 Å². The number of ether oxygens (including phenoxy) is 5. The Morgan fingerprint density at radius 3 is 1.85 bits per heavy atom. The van der Waals surface area contributed by atoms with E-state index in [0.717, 1.165) is 21.3 Å². The lowest BCUT2D eigenvalue weighted by Gasteiger charge is -2.33. The number of hydrogen-bond acceptors (Lipinski definition) is 14. The first-order valence-electron chi connectivity index (χ1n) is 11.8. The summed E-state index contributed by atoms with van der Waals surface area (Å²) in [5, 5.41) is 11.1. The highest BCUT2D eigenvalue weighted by molar-refractivity contribution is 8.76. The van der Waals surface area contributed by atoms with Gasteiger partial charge in [0.15, 0.2) is 24.7 Å². The molecule has 0 aliphatic carbocycles. The van der Waals surface area contributed by atoms with Crippen LogP contribution in [0.5, 0.6) is 0 Å². The maximum Gasteiger partial charge on any atom is 0.330 e. The van der Waals surface area contributed by atoms with Gasteiger partial charge >= 0.3 is 11.4 Å². The van der Waals surface area contributed by atoms with Crippen LogP contribution in [0.2, 0.25) is 0 Å². The van der Waals surface area contributed by atoms with Crippen molar-refractivity contribution in [2.24, 2.45) is 0 Å². The summed E-state index contributed by atoms with van der Waals surface area (Å²) in [5.74, 6) is 0. The maximum absolute atomic E-state index is 12.4. The van der Waals surface area contributed by atoms with Gasteiger partial charge in [-0.15, -0.1) is 0 Å². The van der Waals surface area contributed by atoms with Crippen molar-refractivity contribution in [1.29, 1.82) is 0 Å². The Morgan fingerprint density at radius 2 is 1.35 bits per heavy atom. The van der Waals surface area contributed by atoms with E-state index >= 15 is 0 Å². The Labute approximate surface area is 237 Å². The van der Waals surface area contributed by atoms with Crippen LogP contribution < -0.4 is 22.5 Å². The minimum atomic E-state index is -3.55. The lowest BCUT2D eigenvalue weighted by Crippen LogP contribution is -2.41. The zero-order chi connectivity index (χ0) is 29.2. The molecular weight excluding hydrogens is 595 g/mol. The fourth-order valence-electron chi connectivity index (χ4n) is 4.57. The largest absolute Gasteiger partial charge is 0.480 e. The summed E-state index contributed by atoms with van der Waals surface area (Å²) < 4.78 is 42.2. The molecule has 0 aromatic carbocycles. The zero-order valence-electron chi connectivity index (χ0n) is 21.5. The molecule has 2 aromatic heterocycles. The molecule has 1 unspecified atom stereocenters. The Bertz CT molecular complexity index is 1400. The molecule has 0 amide bonds. The Kier molecular flexibility index (Phi) is 10.1. The first-order chi connectivity index (χ1) is 19.0. The predicted octanol–water partition coefficient (Wildman–Crippen LogP) is -1.52. The summed E-state index contributed by atoms with van der Waals surface area (Å²) in [4.78, 5) is 52.0. The second-order valence-electron chi connectivity index (χ2n) is 8.88. The molecule has 9 atom stereocenters. The second kappa shape index (κ2) is 13.0. The monoisotopic (exact) mass is 624 g/mol. The van der Waals surface area contributed by atoms with Crippen LogP contribution in [-0.2, 0) is 45.0 Å². The minimum absolute atomic E-state index is 0.0148. The summed E-state index contributed by atoms with van der Waals surface area (Å²) in [6, 6.07) is 2.26. The van der Waals surface area contributed by atoms with Crippen LogP contribution in [0.3, 0.4) is 0 Å². The fourth-order valence-corrected chi connectivity index (χ4v) is 7.00. The molecule has 19 heteroatoms. The molecule has 40 heavy (non-hydrogen) atoms. The standard InChI is InChI=1S/C21H29N4O12PS2/c1-31-8-10-15(14(28)18(34-10)24-6-4-12(26)22-20(24)29)36-38(39,40)37-16-11(9-32-2)35-19(17(16)33-3)25-7-5-13(27)23-21(25)30/h4-7,10-11,14-19,28H,8-9H2,1-3H3,(H,39,40)(H,22,26,29)(H,23,27,30)/t10-,11-,14-,15-,16-,17-,18-,19-/m1/s1. The molecule has 0 spiro atoms. The zero-order valence-corrected chi connectivity index (χ0v) is 24.1. The number of methoxy groups -OCH3 is 3. The molecule has 4 heterocycles. The molecule has 2 aliphatic rings. The summed E-state index contributed by atoms with van der Waals surface area (Å²) >= 11 is 10.0. The van der Waals surface area contributed by atoms with E-state index in [1.165, 1.54) is 33.7 Å². The number of aliphatic hydroxyl groups is 1. The van der Waals surface area contributed by atoms with Crippen LogP contribution in [0.15, 0.2) is 43.7 Å². The summed E-state index contributed by atoms with van der Waals surface area (Å²) in [5.41, 5.74) is -2.73. The van der Waals surface area contributed by atoms with Gasteiger partial charge in [0.1, 0.15) is 24.4 Å². The van der Waals surface area contributed by atoms with Gasteiger partial charge in [-0.1, -0.05) is 0 Å². The lowest BCUT2D eigenvalue weighted by molar-refractivity contribution is -0.0668. The molecule has 16 nitrogen and oxygen atoms in total. The highest BCUT2D eigenvalue weighted by Gasteiger charge is 2.54. The van der Waals surface area contributed by atoms with Gasteiger partial charge in [0.2, 0.25) is 6.12 Å². The third-order valence-corrected chi connectivity index (χ3v) is 8.39. The highest BCUT2D eigenvalue weighted by Crippen LogP contribution is 2.67. The average molecular weight is 625 g/mol. The number of nitrogens with zero attached hydrogens (tertiary/aromatic N) is 2. The number of nitrogens with one attached hydrogen (secondary N) is 2. The number of aromatic amines is 2. The SMILES string of the molecule is COC[C@H]1O[C@@H](n2ccc(=O)[nH]c2=O)[C@H](O)[C@@H]1O[P+]([S-])(S)O[C@H]1[C@@H](OC)[C@H](n2ccc(=O)[nH]c2=O)O[C@@H]1COC. The molecule has 2 fully saturated rings. The van der Waals surface area contributed by atoms with E-state index in [0.29, 0.717) is 0 Å². The van der Waals surface area contributed by atoms with Crippen LogP contribution in [0, 0.1) is 0 Å². The van der Waals surface area contributed by atoms with Crippen LogP contribution in [0.25, 0.3) is 0 Å². The van der Waals surface area contributed by atoms with Gasteiger partial charge < -0.3 is 41.0 Å². The average Bonchev–Trinajstić information content (AvgIpc) is 3.36. The number of H-pyrrole nitrogens is 2. The first kappa shape index (κ1) is 31.1. The van der Waals surface area contributed by atoms with E-state index in [9.17, 15) is 24.3 Å². The molecule has 3 N–H and O–H groups in total. The third-order valence-electron chi connectivity index (χ3n) is 6.29. The molecular formula is C21H29N4O12PS2. The quantitative estimate of drug-likeness (QED) is 0.128. The molecule has 2 aliphatic heterocycles. The van der Waals surface area contributed by atoms with Gasteiger partial charge in [-0.2, -0.15) is 0 Å². The maximum atomic E-state index is 12.4. The van der Waals surface area contributed by atoms with Gasteiger partial charge in [0.05, 0.1) is 13.2 Å². The lowest BCUT2D eigenvalue weighted by atomic mass is 10.1. The molecule has 2 saturated heterocycles. The predicted molar refractivity (Wildman–Crippen MR) is 144 cm³/mol. The van der Waals surface area contributed by atoms with Crippen LogP contribution in [-0.4, -0.2) is 95.4 Å². The van der Waals surface area contributed by atoms with Crippen LogP contribution >= 0.6 is 18.4 Å². The number of aliphatic hydroxyl groups excluding tert-OH is 1. The second-order valence-corrected chi connectivity index (χ2v) is 14.1. The normalized spacial score (nSPS) is 31.9. The van der Waals surface area contributed by atoms with Gasteiger partial charge in [0, 0.05) is 58.1 Å². The van der Waals surface area contributed by atoms with Crippen molar-refractivity contribution in [2.75, 3.05) is 34.5 Å². The van der Waals surface area contributed by atoms with E-state index in [2.05, 4.69) is 22.2 Å². The van der Waals surface area contributed by atoms with E-state index in [-0.39, 0.29) is 13.2 Å². The Balaban J connectivity index is 1.58. The van der Waals surface area contributed by atoms with E-state index in [1.54, 1.807) is 0 Å². The van der Waals surface area contributed by atoms with Crippen LogP contribution in [0.4, 0.5) is 0 Å². The molecule has 4 rings (SSSR count). The van der Waals surface area contributed by atoms with Crippen molar-refractivity contribution in [3.8, 4) is 0 Å². The number of aromatic nitrogens is 4. The van der Waals surface area contributed by atoms with E-state index in [4.69, 9.17) is 45.0 Å². The summed E-state index contributed by atoms with van der Waals surface area (Å²) in [6.45, 7) is -0.0307. The van der Waals surface area contributed by atoms with Crippen molar-refractivity contribution in [3.05, 3.63) is 66.2 Å². The Morgan fingerprint density at radius 1 is 0.875 bits per heavy atom. The molecule has 0 saturated carbocycles. The minimum Gasteiger partial charge on any atom is -0.480 e. The number of hydrogen-bond donors (Lipinski definition) is 4. The summed E-state index contributed by atoms with van der Waals surface area (Å²) in [6.07, 6.45) is -9.56. The molecule has 2 aromatic rings. The number of thiol groups is 1. The fraction of sp³-hybridized carbons (Fsp3) is 0.619. The Hall–Kier alpha value is -1.83. The van der Waals surface area contributed by atoms with Crippen molar-refractivity contribution >= 4 is 30.6 Å². The van der Waals surface area contributed by atoms with Crippen molar-refractivity contribution < 1.29 is 37.8 Å². The topological polar surface area (TPSA) is 195 Å². The van der Waals surface area contributed by atoms with Gasteiger partial charge in [0.25, 0.3) is 11.1 Å². The van der Waals surface area contributed by atoms with E-state index in [1.807, 2.05) is 0 Å². The van der Waals surface area contributed by atoms with Crippen molar-refractivity contribution in [3.63, 3.8) is 0 Å². The van der Waals surface area contributed by atoms with Gasteiger partial charge in [-0.3, -0.25) is 28.7 Å². The first-order valence-corrected chi connectivity index (χ1v) is 15.6. The molecule has 0 radical (unpaired) electrons. The van der Waals surface area contributed by atoms with Gasteiger partial charge in [-0.25, -0.2) is 18.6 Å². The summed E-state index contributed by atoms with van der Waals surface area (Å²) in [7, 11) is 4.23. The van der Waals surface area contributed by atoms with Gasteiger partial charge in [-0.05, 0) is 0 Å². The van der Waals surface area contributed by atoms with Crippen LogP contribution in [0.1, 0.15) is 12.5 Å².